The average molecular weight is 132 g/mol. The first kappa shape index (κ1) is 4.78. The first-order valence-electron chi connectivity index (χ1n) is 3.71. The molecule has 10 heavy (non-hydrogen) atoms. The number of benzene rings is 1. The van der Waals surface area contributed by atoms with Crippen LogP contribution < -0.4 is 4.74 Å². The highest BCUT2D eigenvalue weighted by molar-refractivity contribution is 5.45. The van der Waals surface area contributed by atoms with E-state index in [9.17, 15) is 0 Å². The summed E-state index contributed by atoms with van der Waals surface area (Å²) < 4.78 is 5.58. The molecule has 0 spiro atoms. The second-order valence-electron chi connectivity index (χ2n) is 3.04. The molecule has 1 fully saturated rings. The lowest BCUT2D eigenvalue weighted by Gasteiger charge is -2.00. The zero-order chi connectivity index (χ0) is 6.55. The van der Waals surface area contributed by atoms with Crippen molar-refractivity contribution in [3.8, 4) is 5.75 Å². The Kier molecular flexibility index (Phi) is 0.652. The van der Waals surface area contributed by atoms with E-state index in [2.05, 4.69) is 18.2 Å². The van der Waals surface area contributed by atoms with Gasteiger partial charge >= 0.3 is 0 Å². The third-order valence-corrected chi connectivity index (χ3v) is 2.33. The fraction of sp³-hybridized carbons (Fsp3) is 0.333. The number of para-hydroxylation sites is 1. The van der Waals surface area contributed by atoms with Crippen LogP contribution in [0.25, 0.3) is 0 Å². The molecule has 1 aliphatic carbocycles. The number of fused-ring (bicyclic) bond motifs is 3. The van der Waals surface area contributed by atoms with Crippen molar-refractivity contribution in [3.63, 3.8) is 0 Å². The maximum absolute atomic E-state index is 5.58. The van der Waals surface area contributed by atoms with Crippen molar-refractivity contribution >= 4 is 0 Å². The minimum atomic E-state index is 0.539. The summed E-state index contributed by atoms with van der Waals surface area (Å²) in [6.45, 7) is 0. The quantitative estimate of drug-likeness (QED) is 0.524. The molecule has 1 heterocycles. The van der Waals surface area contributed by atoms with E-state index in [0.717, 1.165) is 11.7 Å². The van der Waals surface area contributed by atoms with Crippen molar-refractivity contribution in [1.29, 1.82) is 0 Å². The summed E-state index contributed by atoms with van der Waals surface area (Å²) in [5.74, 6) is 1.86. The van der Waals surface area contributed by atoms with E-state index in [0.29, 0.717) is 6.10 Å². The Morgan fingerprint density at radius 1 is 1.30 bits per heavy atom. The van der Waals surface area contributed by atoms with Crippen molar-refractivity contribution in [1.82, 2.24) is 0 Å². The molecule has 0 aromatic heterocycles. The maximum atomic E-state index is 5.58. The Hall–Kier alpha value is -0.980. The zero-order valence-electron chi connectivity index (χ0n) is 5.58. The summed E-state index contributed by atoms with van der Waals surface area (Å²) in [4.78, 5) is 0. The molecule has 0 bridgehead atoms. The first-order valence-corrected chi connectivity index (χ1v) is 3.71. The molecule has 1 heteroatoms. The van der Waals surface area contributed by atoms with Gasteiger partial charge in [0.1, 0.15) is 11.9 Å². The van der Waals surface area contributed by atoms with Crippen molar-refractivity contribution in [2.45, 2.75) is 18.4 Å². The van der Waals surface area contributed by atoms with E-state index in [1.807, 2.05) is 6.07 Å². The molecule has 1 nitrogen and oxygen atoms in total. The smallest absolute Gasteiger partial charge is 0.123 e. The molecule has 1 unspecified atom stereocenters. The molecular weight excluding hydrogens is 124 g/mol. The van der Waals surface area contributed by atoms with Gasteiger partial charge in [0.2, 0.25) is 0 Å². The predicted molar refractivity (Wildman–Crippen MR) is 38.2 cm³/mol. The zero-order valence-corrected chi connectivity index (χ0v) is 5.58. The van der Waals surface area contributed by atoms with Crippen molar-refractivity contribution in [2.24, 2.45) is 0 Å². The van der Waals surface area contributed by atoms with Gasteiger partial charge in [-0.25, -0.2) is 0 Å². The van der Waals surface area contributed by atoms with Gasteiger partial charge in [0.15, 0.2) is 0 Å². The molecule has 0 saturated heterocycles. The van der Waals surface area contributed by atoms with Crippen LogP contribution in [0, 0.1) is 0 Å². The Morgan fingerprint density at radius 2 is 2.20 bits per heavy atom. The van der Waals surface area contributed by atoms with E-state index in [4.69, 9.17) is 4.74 Å². The van der Waals surface area contributed by atoms with E-state index in [1.54, 1.807) is 0 Å². The summed E-state index contributed by atoms with van der Waals surface area (Å²) in [7, 11) is 0. The molecule has 0 amide bonds. The van der Waals surface area contributed by atoms with E-state index in [-0.39, 0.29) is 0 Å². The van der Waals surface area contributed by atoms with Gasteiger partial charge in [-0.1, -0.05) is 18.2 Å². The summed E-state index contributed by atoms with van der Waals surface area (Å²) in [6, 6.07) is 8.35. The van der Waals surface area contributed by atoms with Crippen LogP contribution >= 0.6 is 0 Å². The van der Waals surface area contributed by atoms with Gasteiger partial charge < -0.3 is 4.74 Å². The van der Waals surface area contributed by atoms with Gasteiger partial charge in [-0.3, -0.25) is 0 Å². The summed E-state index contributed by atoms with van der Waals surface area (Å²) in [5.41, 5.74) is 1.42. The molecule has 2 atom stereocenters. The Labute approximate surface area is 59.6 Å². The fourth-order valence-electron chi connectivity index (χ4n) is 1.69. The molecule has 2 aliphatic rings. The number of hydrogen-bond acceptors (Lipinski definition) is 1. The highest BCUT2D eigenvalue weighted by atomic mass is 16.5. The van der Waals surface area contributed by atoms with Gasteiger partial charge in [-0.05, 0) is 12.5 Å². The molecule has 0 radical (unpaired) electrons. The number of rotatable bonds is 0. The third-order valence-electron chi connectivity index (χ3n) is 2.33. The molecule has 1 aromatic carbocycles. The second-order valence-corrected chi connectivity index (χ2v) is 3.04. The lowest BCUT2D eigenvalue weighted by molar-refractivity contribution is 0.318. The maximum Gasteiger partial charge on any atom is 0.123 e. The minimum Gasteiger partial charge on any atom is -0.489 e. The van der Waals surface area contributed by atoms with Crippen molar-refractivity contribution in [3.05, 3.63) is 29.8 Å². The predicted octanol–water partition coefficient (Wildman–Crippen LogP) is 1.93. The Morgan fingerprint density at radius 3 is 3.10 bits per heavy atom. The largest absolute Gasteiger partial charge is 0.489 e. The van der Waals surface area contributed by atoms with Gasteiger partial charge in [0.05, 0.1) is 0 Å². The molecule has 1 saturated carbocycles. The summed E-state index contributed by atoms with van der Waals surface area (Å²) >= 11 is 0. The third kappa shape index (κ3) is 0.441. The Bertz CT molecular complexity index is 280. The standard InChI is InChI=1S/C9H8O/c1-2-4-8-6(3-1)7-5-9(7)10-8/h1-4,7,9H,5H2/t7-,9?/m0/s1. The molecule has 50 valence electrons. The summed E-state index contributed by atoms with van der Waals surface area (Å²) in [6.07, 6.45) is 1.79. The Balaban J connectivity index is 2.22. The van der Waals surface area contributed by atoms with Crippen LogP contribution in [0.3, 0.4) is 0 Å². The number of ether oxygens (including phenoxy) is 1. The minimum absolute atomic E-state index is 0.539. The van der Waals surface area contributed by atoms with E-state index in [1.165, 1.54) is 12.0 Å². The van der Waals surface area contributed by atoms with Gasteiger partial charge in [0, 0.05) is 11.5 Å². The molecule has 0 N–H and O–H groups in total. The van der Waals surface area contributed by atoms with Crippen LogP contribution in [0.4, 0.5) is 0 Å². The second kappa shape index (κ2) is 1.36. The average Bonchev–Trinajstić information content (AvgIpc) is 2.64. The van der Waals surface area contributed by atoms with Gasteiger partial charge in [0.25, 0.3) is 0 Å². The van der Waals surface area contributed by atoms with Gasteiger partial charge in [-0.15, -0.1) is 0 Å². The molecule has 1 aliphatic heterocycles. The van der Waals surface area contributed by atoms with Crippen LogP contribution in [0.5, 0.6) is 5.75 Å². The molecular formula is C9H8O. The summed E-state index contributed by atoms with van der Waals surface area (Å²) in [5, 5.41) is 0. The van der Waals surface area contributed by atoms with Gasteiger partial charge in [-0.2, -0.15) is 0 Å². The molecule has 1 aromatic rings. The van der Waals surface area contributed by atoms with Crippen LogP contribution in [0.1, 0.15) is 17.9 Å². The monoisotopic (exact) mass is 132 g/mol. The number of hydrogen-bond donors (Lipinski definition) is 0. The van der Waals surface area contributed by atoms with Crippen LogP contribution in [0.15, 0.2) is 24.3 Å². The fourth-order valence-corrected chi connectivity index (χ4v) is 1.69. The molecule has 3 rings (SSSR count). The normalized spacial score (nSPS) is 32.4. The lowest BCUT2D eigenvalue weighted by atomic mass is 10.1. The SMILES string of the molecule is c1ccc2c(c1)OC1C[C@@H]21. The van der Waals surface area contributed by atoms with Crippen LogP contribution in [0.2, 0.25) is 0 Å². The lowest BCUT2D eigenvalue weighted by Crippen LogP contribution is -1.90. The van der Waals surface area contributed by atoms with Crippen molar-refractivity contribution in [2.75, 3.05) is 0 Å². The van der Waals surface area contributed by atoms with E-state index < -0.39 is 0 Å². The van der Waals surface area contributed by atoms with Crippen LogP contribution in [-0.2, 0) is 0 Å². The van der Waals surface area contributed by atoms with Crippen LogP contribution in [-0.4, -0.2) is 6.10 Å². The van der Waals surface area contributed by atoms with Crippen molar-refractivity contribution < 1.29 is 4.74 Å². The van der Waals surface area contributed by atoms with E-state index >= 15 is 0 Å². The highest BCUT2D eigenvalue weighted by Gasteiger charge is 2.47. The highest BCUT2D eigenvalue weighted by Crippen LogP contribution is 2.52. The topological polar surface area (TPSA) is 9.23 Å². The first-order chi connectivity index (χ1) is 4.95.